The zero-order valence-electron chi connectivity index (χ0n) is 28.9. The maximum Gasteiger partial charge on any atom is 0.268 e. The molecular formula is C38H40F2N4O6S. The molecule has 13 heteroatoms. The van der Waals surface area contributed by atoms with Crippen molar-refractivity contribution in [2.24, 2.45) is 0 Å². The molecule has 1 amide bonds. The Morgan fingerprint density at radius 1 is 0.882 bits per heavy atom. The van der Waals surface area contributed by atoms with Crippen LogP contribution in [0, 0.1) is 18.6 Å². The van der Waals surface area contributed by atoms with Gasteiger partial charge < -0.3 is 24.5 Å². The van der Waals surface area contributed by atoms with Gasteiger partial charge in [-0.1, -0.05) is 62.4 Å². The predicted molar refractivity (Wildman–Crippen MR) is 200 cm³/mol. The molecule has 0 unspecified atom stereocenters. The SMILES string of the molecule is C=O.C=O.CC.CNC(=O)c1c(-c2ccc[nH]c2=O)c2c3ccccc3ccc2n1Cc1ccc(F)cc1F.Cc1cccc(NS(C)(=O)=O)c1. The van der Waals surface area contributed by atoms with Gasteiger partial charge in [-0.2, -0.15) is 0 Å². The van der Waals surface area contributed by atoms with Crippen molar-refractivity contribution >= 4 is 56.9 Å². The molecule has 0 saturated carbocycles. The van der Waals surface area contributed by atoms with Crippen LogP contribution in [0.4, 0.5) is 14.5 Å². The molecule has 0 bridgehead atoms. The highest BCUT2D eigenvalue weighted by atomic mass is 32.2. The number of benzene rings is 4. The quantitative estimate of drug-likeness (QED) is 0.172. The van der Waals surface area contributed by atoms with Gasteiger partial charge in [-0.05, 0) is 59.7 Å². The number of nitrogens with zero attached hydrogens (tertiary/aromatic N) is 1. The molecular weight excluding hydrogens is 679 g/mol. The number of anilines is 1. The van der Waals surface area contributed by atoms with E-state index in [1.165, 1.54) is 25.4 Å². The molecule has 0 radical (unpaired) electrons. The number of sulfonamides is 1. The summed E-state index contributed by atoms with van der Waals surface area (Å²) in [5, 5.41) is 5.15. The van der Waals surface area contributed by atoms with Crippen molar-refractivity contribution in [3.05, 3.63) is 136 Å². The summed E-state index contributed by atoms with van der Waals surface area (Å²) in [6.45, 7) is 9.89. The molecule has 2 heterocycles. The van der Waals surface area contributed by atoms with Gasteiger partial charge in [0.1, 0.15) is 30.9 Å². The molecule has 0 spiro atoms. The third kappa shape index (κ3) is 10.3. The van der Waals surface area contributed by atoms with E-state index in [4.69, 9.17) is 9.59 Å². The number of pyridine rings is 1. The molecule has 0 saturated heterocycles. The highest BCUT2D eigenvalue weighted by Gasteiger charge is 2.26. The number of hydrogen-bond donors (Lipinski definition) is 3. The Bertz CT molecular complexity index is 2270. The number of carbonyl (C=O) groups excluding carboxylic acids is 3. The normalized spacial score (nSPS) is 10.2. The van der Waals surface area contributed by atoms with Gasteiger partial charge in [0.05, 0.1) is 18.3 Å². The lowest BCUT2D eigenvalue weighted by Crippen LogP contribution is -2.23. The zero-order chi connectivity index (χ0) is 38.3. The Balaban J connectivity index is 0.000000420. The van der Waals surface area contributed by atoms with Gasteiger partial charge >= 0.3 is 0 Å². The van der Waals surface area contributed by atoms with E-state index in [1.54, 1.807) is 28.8 Å². The highest BCUT2D eigenvalue weighted by Crippen LogP contribution is 2.39. The van der Waals surface area contributed by atoms with E-state index in [-0.39, 0.29) is 23.4 Å². The molecule has 6 rings (SSSR count). The molecule has 0 atom stereocenters. The topological polar surface area (TPSA) is 147 Å². The molecule has 0 aliphatic carbocycles. The minimum atomic E-state index is -3.14. The van der Waals surface area contributed by atoms with Crippen LogP contribution in [0.1, 0.15) is 35.5 Å². The number of fused-ring (bicyclic) bond motifs is 3. The van der Waals surface area contributed by atoms with Crippen LogP contribution in [0.2, 0.25) is 0 Å². The average molecular weight is 719 g/mol. The molecule has 6 aromatic rings. The maximum absolute atomic E-state index is 14.6. The van der Waals surface area contributed by atoms with Gasteiger partial charge in [0.25, 0.3) is 11.5 Å². The molecule has 2 aromatic heterocycles. The summed E-state index contributed by atoms with van der Waals surface area (Å²) >= 11 is 0. The summed E-state index contributed by atoms with van der Waals surface area (Å²) in [5.74, 6) is -1.81. The third-order valence-electron chi connectivity index (χ3n) is 7.15. The lowest BCUT2D eigenvalue weighted by molar-refractivity contribution is -0.0987. The summed E-state index contributed by atoms with van der Waals surface area (Å²) in [6.07, 6.45) is 2.66. The lowest BCUT2D eigenvalue weighted by atomic mass is 9.98. The van der Waals surface area contributed by atoms with Crippen LogP contribution >= 0.6 is 0 Å². The minimum absolute atomic E-state index is 0.0194. The summed E-state index contributed by atoms with van der Waals surface area (Å²) in [7, 11) is -1.64. The van der Waals surface area contributed by atoms with Gasteiger partial charge in [-0.15, -0.1) is 0 Å². The van der Waals surface area contributed by atoms with Crippen molar-refractivity contribution in [3.8, 4) is 11.1 Å². The largest absolute Gasteiger partial charge is 0.354 e. The number of hydrogen-bond acceptors (Lipinski definition) is 6. The average Bonchev–Trinajstić information content (AvgIpc) is 3.45. The van der Waals surface area contributed by atoms with Crippen molar-refractivity contribution < 1.29 is 31.6 Å². The molecule has 3 N–H and O–H groups in total. The number of amides is 1. The Morgan fingerprint density at radius 3 is 2.18 bits per heavy atom. The number of aromatic amines is 1. The third-order valence-corrected chi connectivity index (χ3v) is 7.76. The number of carbonyl (C=O) groups is 3. The molecule has 268 valence electrons. The van der Waals surface area contributed by atoms with E-state index in [9.17, 15) is 26.8 Å². The standard InChI is InChI=1S/C26H19F2N3O2.C8H11NO2S.C2H6.2CH2O/c1-29-26(33)24-23(19-7-4-12-30-25(19)32)22-18-6-3-2-5-15(18)9-11-21(22)31(24)14-16-8-10-17(27)13-20(16)28;1-7-4-3-5-8(6-7)9-12(2,10)11;3*1-2/h2-13H,14H2,1H3,(H,29,33)(H,30,32);3-6,9H,1-2H3;1-2H3;2*1H2. The molecule has 4 aromatic carbocycles. The first-order valence-corrected chi connectivity index (χ1v) is 17.4. The summed E-state index contributed by atoms with van der Waals surface area (Å²) < 4.78 is 53.8. The van der Waals surface area contributed by atoms with Crippen LogP contribution in [0.15, 0.2) is 102 Å². The first kappa shape index (κ1) is 41.2. The first-order chi connectivity index (χ1) is 24.5. The number of halogens is 2. The van der Waals surface area contributed by atoms with E-state index in [1.807, 2.05) is 82.9 Å². The first-order valence-electron chi connectivity index (χ1n) is 15.5. The fourth-order valence-corrected chi connectivity index (χ4v) is 5.82. The molecule has 0 aliphatic heterocycles. The Kier molecular flexibility index (Phi) is 15.6. The van der Waals surface area contributed by atoms with Crippen molar-refractivity contribution in [3.63, 3.8) is 0 Å². The number of aromatic nitrogens is 2. The molecule has 0 fully saturated rings. The van der Waals surface area contributed by atoms with E-state index in [2.05, 4.69) is 15.0 Å². The van der Waals surface area contributed by atoms with Crippen molar-refractivity contribution in [2.45, 2.75) is 27.3 Å². The fourth-order valence-electron chi connectivity index (χ4n) is 5.26. The van der Waals surface area contributed by atoms with Crippen LogP contribution in [0.5, 0.6) is 0 Å². The van der Waals surface area contributed by atoms with Crippen molar-refractivity contribution in [2.75, 3.05) is 18.0 Å². The second kappa shape index (κ2) is 19.3. The Morgan fingerprint density at radius 2 is 1.57 bits per heavy atom. The van der Waals surface area contributed by atoms with Gasteiger partial charge in [-0.3, -0.25) is 14.3 Å². The Hall–Kier alpha value is -5.95. The van der Waals surface area contributed by atoms with E-state index in [0.29, 0.717) is 27.7 Å². The fraction of sp³-hybridized carbons (Fsp3) is 0.158. The predicted octanol–water partition coefficient (Wildman–Crippen LogP) is 6.86. The van der Waals surface area contributed by atoms with Crippen LogP contribution in [-0.4, -0.2) is 50.8 Å². The zero-order valence-corrected chi connectivity index (χ0v) is 29.7. The Labute approximate surface area is 295 Å². The summed E-state index contributed by atoms with van der Waals surface area (Å²) in [6, 6.07) is 25.4. The van der Waals surface area contributed by atoms with E-state index < -0.39 is 27.6 Å². The van der Waals surface area contributed by atoms with Crippen LogP contribution in [0.25, 0.3) is 32.8 Å². The minimum Gasteiger partial charge on any atom is -0.354 e. The lowest BCUT2D eigenvalue weighted by Gasteiger charge is -2.12. The van der Waals surface area contributed by atoms with Crippen molar-refractivity contribution in [1.82, 2.24) is 14.9 Å². The smallest absolute Gasteiger partial charge is 0.268 e. The van der Waals surface area contributed by atoms with Crippen LogP contribution in [-0.2, 0) is 26.2 Å². The number of rotatable bonds is 6. The van der Waals surface area contributed by atoms with Gasteiger partial charge in [-0.25, -0.2) is 17.2 Å². The highest BCUT2D eigenvalue weighted by molar-refractivity contribution is 7.92. The monoisotopic (exact) mass is 718 g/mol. The van der Waals surface area contributed by atoms with Gasteiger partial charge in [0.15, 0.2) is 0 Å². The number of aryl methyl sites for hydroxylation is 1. The van der Waals surface area contributed by atoms with E-state index in [0.717, 1.165) is 28.7 Å². The number of nitrogens with one attached hydrogen (secondary N) is 3. The molecule has 51 heavy (non-hydrogen) atoms. The second-order valence-electron chi connectivity index (χ2n) is 10.5. The van der Waals surface area contributed by atoms with Crippen LogP contribution < -0.4 is 15.6 Å². The number of H-pyrrole nitrogens is 1. The maximum atomic E-state index is 14.6. The summed E-state index contributed by atoms with van der Waals surface area (Å²) in [4.78, 5) is 44.7. The van der Waals surface area contributed by atoms with E-state index >= 15 is 0 Å². The van der Waals surface area contributed by atoms with Crippen molar-refractivity contribution in [1.29, 1.82) is 0 Å². The summed E-state index contributed by atoms with van der Waals surface area (Å²) in [5.41, 5.74) is 3.20. The van der Waals surface area contributed by atoms with Gasteiger partial charge in [0, 0.05) is 47.1 Å². The second-order valence-corrected chi connectivity index (χ2v) is 12.2. The van der Waals surface area contributed by atoms with Gasteiger partial charge in [0.2, 0.25) is 10.0 Å². The molecule has 0 aliphatic rings. The molecule has 10 nitrogen and oxygen atoms in total. The van der Waals surface area contributed by atoms with Crippen LogP contribution in [0.3, 0.4) is 0 Å².